The zero-order chi connectivity index (χ0) is 31.6. The number of fused-ring (bicyclic) bond motifs is 5. The Labute approximate surface area is 283 Å². The highest BCUT2D eigenvalue weighted by Gasteiger charge is 2.22. The molecule has 224 valence electrons. The van der Waals surface area contributed by atoms with E-state index in [4.69, 9.17) is 0 Å². The largest absolute Gasteiger partial charge is 0.309 e. The summed E-state index contributed by atoms with van der Waals surface area (Å²) in [6.07, 6.45) is 0. The molecule has 1 aliphatic rings. The van der Waals surface area contributed by atoms with Crippen LogP contribution in [0, 0.1) is 0 Å². The molecule has 1 aromatic heterocycles. The highest BCUT2D eigenvalue weighted by atomic mass is 32.2. The number of nitrogens with zero attached hydrogens (tertiary/aromatic N) is 1. The van der Waals surface area contributed by atoms with Crippen LogP contribution in [0.25, 0.3) is 82.8 Å². The van der Waals surface area contributed by atoms with Gasteiger partial charge in [0.15, 0.2) is 0 Å². The third-order valence-corrected chi connectivity index (χ3v) is 10.9. The molecule has 0 amide bonds. The van der Waals surface area contributed by atoms with E-state index in [1.54, 1.807) is 0 Å². The van der Waals surface area contributed by atoms with E-state index in [-0.39, 0.29) is 0 Å². The minimum Gasteiger partial charge on any atom is -0.309 e. The molecule has 1 aliphatic heterocycles. The van der Waals surface area contributed by atoms with Gasteiger partial charge in [-0.2, -0.15) is 0 Å². The minimum atomic E-state index is 1.18. The van der Waals surface area contributed by atoms with Crippen molar-refractivity contribution in [1.29, 1.82) is 0 Å². The average Bonchev–Trinajstić information content (AvgIpc) is 3.49. The van der Waals surface area contributed by atoms with Crippen molar-refractivity contribution in [3.05, 3.63) is 176 Å². The zero-order valence-corrected chi connectivity index (χ0v) is 26.9. The van der Waals surface area contributed by atoms with E-state index >= 15 is 0 Å². The maximum absolute atomic E-state index is 2.37. The first-order valence-electron chi connectivity index (χ1n) is 16.4. The molecule has 0 N–H and O–H groups in total. The second-order valence-electron chi connectivity index (χ2n) is 12.5. The first-order valence-corrected chi connectivity index (χ1v) is 17.2. The third-order valence-electron chi connectivity index (χ3n) is 9.79. The lowest BCUT2D eigenvalue weighted by molar-refractivity contribution is 1.18. The van der Waals surface area contributed by atoms with Crippen LogP contribution in [-0.4, -0.2) is 4.57 Å². The molecule has 2 heterocycles. The molecule has 48 heavy (non-hydrogen) atoms. The Morgan fingerprint density at radius 2 is 0.979 bits per heavy atom. The van der Waals surface area contributed by atoms with Gasteiger partial charge >= 0.3 is 0 Å². The van der Waals surface area contributed by atoms with Crippen LogP contribution in [0.1, 0.15) is 0 Å². The zero-order valence-electron chi connectivity index (χ0n) is 26.1. The summed E-state index contributed by atoms with van der Waals surface area (Å²) in [6, 6.07) is 64.4. The molecule has 10 rings (SSSR count). The van der Waals surface area contributed by atoms with Gasteiger partial charge in [-0.15, -0.1) is 0 Å². The van der Waals surface area contributed by atoms with E-state index in [9.17, 15) is 0 Å². The highest BCUT2D eigenvalue weighted by Crippen LogP contribution is 2.50. The van der Waals surface area contributed by atoms with Gasteiger partial charge in [0, 0.05) is 31.6 Å². The minimum absolute atomic E-state index is 1.18. The van der Waals surface area contributed by atoms with Gasteiger partial charge in [0.1, 0.15) is 0 Å². The maximum Gasteiger partial charge on any atom is 0.0541 e. The summed E-state index contributed by atoms with van der Waals surface area (Å²) >= 11 is 1.88. The Morgan fingerprint density at radius 1 is 0.333 bits per heavy atom. The number of benzene rings is 8. The van der Waals surface area contributed by atoms with Crippen molar-refractivity contribution in [3.8, 4) is 50.2 Å². The van der Waals surface area contributed by atoms with Crippen LogP contribution >= 0.6 is 11.8 Å². The van der Waals surface area contributed by atoms with Gasteiger partial charge in [-0.25, -0.2) is 0 Å². The van der Waals surface area contributed by atoms with Gasteiger partial charge in [0.25, 0.3) is 0 Å². The van der Waals surface area contributed by atoms with E-state index in [0.717, 1.165) is 0 Å². The van der Waals surface area contributed by atoms with Crippen LogP contribution in [0.4, 0.5) is 0 Å². The van der Waals surface area contributed by atoms with Crippen molar-refractivity contribution in [2.75, 3.05) is 0 Å². The lowest BCUT2D eigenvalue weighted by Crippen LogP contribution is -1.95. The second-order valence-corrected chi connectivity index (χ2v) is 13.6. The summed E-state index contributed by atoms with van der Waals surface area (Å²) < 4.78 is 2.37. The molecule has 0 unspecified atom stereocenters. The van der Waals surface area contributed by atoms with Crippen LogP contribution in [0.5, 0.6) is 0 Å². The molecule has 9 aromatic rings. The molecule has 0 radical (unpaired) electrons. The first kappa shape index (κ1) is 27.3. The van der Waals surface area contributed by atoms with Gasteiger partial charge in [-0.05, 0) is 104 Å². The van der Waals surface area contributed by atoms with Crippen molar-refractivity contribution >= 4 is 44.3 Å². The summed E-state index contributed by atoms with van der Waals surface area (Å²) in [6.45, 7) is 0. The Balaban J connectivity index is 1.10. The molecule has 0 saturated heterocycles. The molecule has 8 aromatic carbocycles. The fourth-order valence-corrected chi connectivity index (χ4v) is 8.68. The van der Waals surface area contributed by atoms with Crippen molar-refractivity contribution in [2.24, 2.45) is 0 Å². The summed E-state index contributed by atoms with van der Waals surface area (Å²) in [5, 5.41) is 5.18. The van der Waals surface area contributed by atoms with Gasteiger partial charge in [0.2, 0.25) is 0 Å². The molecule has 0 fully saturated rings. The normalized spacial score (nSPS) is 12.1. The lowest BCUT2D eigenvalue weighted by Gasteiger charge is -2.22. The standard InChI is InChI=1S/C46H29NS/c1-3-11-30(12-4-1)32-22-25-44-41(29-32)39-19-10-18-38-36(23-26-45(48-44)46(38)39)34-14-9-13-31(27-34)33-21-24-43-40(28-33)37-17-7-8-20-42(37)47(43)35-15-5-2-6-16-35/h1-29H. The molecule has 0 bridgehead atoms. The van der Waals surface area contributed by atoms with E-state index in [1.807, 2.05) is 11.8 Å². The van der Waals surface area contributed by atoms with E-state index in [2.05, 4.69) is 180 Å². The molecule has 2 heteroatoms. The Hall–Kier alpha value is -5.83. The molecular formula is C46H29NS. The van der Waals surface area contributed by atoms with Crippen molar-refractivity contribution < 1.29 is 0 Å². The number of hydrogen-bond acceptors (Lipinski definition) is 1. The van der Waals surface area contributed by atoms with Crippen molar-refractivity contribution in [3.63, 3.8) is 0 Å². The summed E-state index contributed by atoms with van der Waals surface area (Å²) in [4.78, 5) is 2.63. The number of para-hydroxylation sites is 2. The molecular weight excluding hydrogens is 599 g/mol. The Bertz CT molecular complexity index is 2690. The van der Waals surface area contributed by atoms with Gasteiger partial charge < -0.3 is 4.57 Å². The van der Waals surface area contributed by atoms with Gasteiger partial charge in [-0.3, -0.25) is 0 Å². The molecule has 0 saturated carbocycles. The fraction of sp³-hybridized carbons (Fsp3) is 0. The summed E-state index contributed by atoms with van der Waals surface area (Å²) in [5.74, 6) is 0. The molecule has 0 spiro atoms. The Morgan fingerprint density at radius 3 is 1.88 bits per heavy atom. The maximum atomic E-state index is 2.37. The van der Waals surface area contributed by atoms with E-state index in [0.29, 0.717) is 0 Å². The van der Waals surface area contributed by atoms with Crippen molar-refractivity contribution in [1.82, 2.24) is 4.57 Å². The molecule has 0 aliphatic carbocycles. The lowest BCUT2D eigenvalue weighted by atomic mass is 9.90. The first-order chi connectivity index (χ1) is 23.8. The van der Waals surface area contributed by atoms with Gasteiger partial charge in [0.05, 0.1) is 11.0 Å². The highest BCUT2D eigenvalue weighted by molar-refractivity contribution is 7.99. The predicted octanol–water partition coefficient (Wildman–Crippen LogP) is 13.1. The van der Waals surface area contributed by atoms with E-state index in [1.165, 1.54) is 92.6 Å². The number of rotatable bonds is 4. The number of aromatic nitrogens is 1. The van der Waals surface area contributed by atoms with Crippen molar-refractivity contribution in [2.45, 2.75) is 9.79 Å². The van der Waals surface area contributed by atoms with Crippen LogP contribution < -0.4 is 0 Å². The summed E-state index contributed by atoms with van der Waals surface area (Å²) in [7, 11) is 0. The predicted molar refractivity (Wildman–Crippen MR) is 204 cm³/mol. The molecule has 1 nitrogen and oxygen atoms in total. The fourth-order valence-electron chi connectivity index (χ4n) is 7.57. The number of hydrogen-bond donors (Lipinski definition) is 0. The van der Waals surface area contributed by atoms with Crippen LogP contribution in [0.15, 0.2) is 186 Å². The molecule has 0 atom stereocenters. The topological polar surface area (TPSA) is 4.93 Å². The summed E-state index contributed by atoms with van der Waals surface area (Å²) in [5.41, 5.74) is 13.7. The smallest absolute Gasteiger partial charge is 0.0541 e. The van der Waals surface area contributed by atoms with E-state index < -0.39 is 0 Å². The second kappa shape index (κ2) is 10.9. The Kier molecular flexibility index (Phi) is 6.18. The third kappa shape index (κ3) is 4.27. The van der Waals surface area contributed by atoms with Crippen LogP contribution in [0.3, 0.4) is 0 Å². The average molecular weight is 628 g/mol. The van der Waals surface area contributed by atoms with Crippen LogP contribution in [0.2, 0.25) is 0 Å². The van der Waals surface area contributed by atoms with Gasteiger partial charge in [-0.1, -0.05) is 133 Å². The SMILES string of the molecule is c1ccc(-c2ccc3c(c2)-c2cccc4c(-c5cccc(-c6ccc7c(c6)c6ccccc6n7-c6ccccc6)c5)ccc(c24)S3)cc1. The van der Waals surface area contributed by atoms with Crippen LogP contribution in [-0.2, 0) is 0 Å². The quantitative estimate of drug-likeness (QED) is 0.188. The monoisotopic (exact) mass is 627 g/mol.